The Morgan fingerprint density at radius 1 is 0.889 bits per heavy atom. The van der Waals surface area contributed by atoms with Crippen LogP contribution in [0, 0.1) is 0 Å². The highest BCUT2D eigenvalue weighted by atomic mass is 19.4. The first-order valence-electron chi connectivity index (χ1n) is 11.2. The molecule has 0 aliphatic carbocycles. The number of alkyl halides is 3. The second-order valence-corrected chi connectivity index (χ2v) is 7.99. The molecular formula is C27H23F3N4O2. The third kappa shape index (κ3) is 5.63. The molecule has 0 saturated carbocycles. The molecule has 0 fully saturated rings. The second-order valence-electron chi connectivity index (χ2n) is 7.99. The smallest absolute Gasteiger partial charge is 0.322 e. The Hall–Kier alpha value is -4.40. The Kier molecular flexibility index (Phi) is 7.19. The van der Waals surface area contributed by atoms with Crippen LogP contribution in [-0.4, -0.2) is 21.6 Å². The first-order valence-corrected chi connectivity index (χ1v) is 11.2. The van der Waals surface area contributed by atoms with Crippen molar-refractivity contribution in [2.45, 2.75) is 26.1 Å². The predicted molar refractivity (Wildman–Crippen MR) is 132 cm³/mol. The molecule has 0 bridgehead atoms. The van der Waals surface area contributed by atoms with Crippen molar-refractivity contribution in [1.82, 2.24) is 9.78 Å². The topological polar surface area (TPSA) is 76.0 Å². The van der Waals surface area contributed by atoms with E-state index in [9.17, 15) is 22.8 Å². The maximum atomic E-state index is 13.2. The van der Waals surface area contributed by atoms with Gasteiger partial charge in [0.25, 0.3) is 5.91 Å². The summed E-state index contributed by atoms with van der Waals surface area (Å²) in [4.78, 5) is 25.9. The van der Waals surface area contributed by atoms with Crippen molar-refractivity contribution in [3.05, 3.63) is 102 Å². The Balaban J connectivity index is 1.53. The molecule has 4 rings (SSSR count). The summed E-state index contributed by atoms with van der Waals surface area (Å²) in [5.41, 5.74) is 1.58. The van der Waals surface area contributed by atoms with Gasteiger partial charge in [0.2, 0.25) is 5.91 Å². The molecule has 1 aromatic heterocycles. The van der Waals surface area contributed by atoms with E-state index in [0.29, 0.717) is 40.3 Å². The van der Waals surface area contributed by atoms with Crippen molar-refractivity contribution in [2.75, 3.05) is 10.6 Å². The summed E-state index contributed by atoms with van der Waals surface area (Å²) in [6, 6.07) is 20.0. The number of nitrogens with one attached hydrogen (secondary N) is 2. The molecule has 0 unspecified atom stereocenters. The molecule has 0 aliphatic rings. The molecule has 9 heteroatoms. The Labute approximate surface area is 205 Å². The molecule has 2 amide bonds. The fourth-order valence-electron chi connectivity index (χ4n) is 3.81. The monoisotopic (exact) mass is 492 g/mol. The van der Waals surface area contributed by atoms with Crippen LogP contribution in [0.2, 0.25) is 0 Å². The van der Waals surface area contributed by atoms with Gasteiger partial charge in [-0.1, -0.05) is 48.5 Å². The van der Waals surface area contributed by atoms with Crippen molar-refractivity contribution in [2.24, 2.45) is 0 Å². The lowest BCUT2D eigenvalue weighted by molar-refractivity contribution is -0.137. The summed E-state index contributed by atoms with van der Waals surface area (Å²) in [6.45, 7) is 2.52. The molecule has 0 atom stereocenters. The summed E-state index contributed by atoms with van der Waals surface area (Å²) in [5, 5.41) is 9.78. The van der Waals surface area contributed by atoms with Gasteiger partial charge in [0.15, 0.2) is 0 Å². The quantitative estimate of drug-likeness (QED) is 0.331. The summed E-state index contributed by atoms with van der Waals surface area (Å²) in [6.07, 6.45) is -2.82. The number of benzene rings is 3. The number of para-hydroxylation sites is 1. The Bertz CT molecular complexity index is 1380. The minimum Gasteiger partial charge on any atom is -0.322 e. The number of amides is 2. The maximum Gasteiger partial charge on any atom is 0.416 e. The number of carbonyl (C=O) groups is 2. The second kappa shape index (κ2) is 10.5. The van der Waals surface area contributed by atoms with E-state index in [-0.39, 0.29) is 12.3 Å². The fraction of sp³-hybridized carbons (Fsp3) is 0.148. The molecule has 3 aromatic carbocycles. The maximum absolute atomic E-state index is 13.2. The van der Waals surface area contributed by atoms with Crippen LogP contribution in [-0.2, 0) is 23.9 Å². The van der Waals surface area contributed by atoms with Crippen LogP contribution >= 0.6 is 0 Å². The summed E-state index contributed by atoms with van der Waals surface area (Å²) >= 11 is 0. The van der Waals surface area contributed by atoms with Crippen molar-refractivity contribution in [3.63, 3.8) is 0 Å². The van der Waals surface area contributed by atoms with Crippen LogP contribution in [0.15, 0.2) is 85.1 Å². The van der Waals surface area contributed by atoms with E-state index in [1.165, 1.54) is 12.1 Å². The number of nitrogens with zero attached hydrogens (tertiary/aromatic N) is 2. The van der Waals surface area contributed by atoms with Crippen LogP contribution < -0.4 is 10.6 Å². The van der Waals surface area contributed by atoms with Gasteiger partial charge in [0.1, 0.15) is 5.82 Å². The number of hydrogen-bond donors (Lipinski definition) is 2. The fourth-order valence-corrected chi connectivity index (χ4v) is 3.81. The van der Waals surface area contributed by atoms with Gasteiger partial charge in [0, 0.05) is 23.9 Å². The van der Waals surface area contributed by atoms with Gasteiger partial charge in [-0.15, -0.1) is 0 Å². The molecule has 36 heavy (non-hydrogen) atoms. The normalized spacial score (nSPS) is 11.2. The third-order valence-corrected chi connectivity index (χ3v) is 5.60. The number of rotatable bonds is 7. The zero-order valence-corrected chi connectivity index (χ0v) is 19.3. The van der Waals surface area contributed by atoms with Crippen molar-refractivity contribution in [3.8, 4) is 11.1 Å². The van der Waals surface area contributed by atoms with Crippen LogP contribution in [0.4, 0.5) is 24.7 Å². The lowest BCUT2D eigenvalue weighted by Crippen LogP contribution is -2.19. The highest BCUT2D eigenvalue weighted by Crippen LogP contribution is 2.32. The number of aromatic nitrogens is 2. The molecular weight excluding hydrogens is 469 g/mol. The average molecular weight is 493 g/mol. The minimum atomic E-state index is -4.44. The predicted octanol–water partition coefficient (Wildman–Crippen LogP) is 6.02. The number of carbonyl (C=O) groups excluding carboxylic acids is 2. The highest BCUT2D eigenvalue weighted by Gasteiger charge is 2.30. The zero-order chi connectivity index (χ0) is 25.7. The molecule has 6 nitrogen and oxygen atoms in total. The van der Waals surface area contributed by atoms with Gasteiger partial charge in [0.05, 0.1) is 18.2 Å². The molecule has 4 aromatic rings. The van der Waals surface area contributed by atoms with Crippen molar-refractivity contribution in [1.29, 1.82) is 0 Å². The van der Waals surface area contributed by atoms with Crippen LogP contribution in [0.5, 0.6) is 0 Å². The van der Waals surface area contributed by atoms with Gasteiger partial charge in [-0.25, -0.2) is 4.68 Å². The molecule has 0 saturated heterocycles. The van der Waals surface area contributed by atoms with E-state index in [4.69, 9.17) is 0 Å². The molecule has 0 radical (unpaired) electrons. The Morgan fingerprint density at radius 2 is 1.58 bits per heavy atom. The Morgan fingerprint density at radius 3 is 2.31 bits per heavy atom. The summed E-state index contributed by atoms with van der Waals surface area (Å²) < 4.78 is 40.5. The molecule has 184 valence electrons. The van der Waals surface area contributed by atoms with E-state index >= 15 is 0 Å². The molecule has 0 spiro atoms. The van der Waals surface area contributed by atoms with Crippen molar-refractivity contribution < 1.29 is 22.8 Å². The van der Waals surface area contributed by atoms with Crippen LogP contribution in [0.25, 0.3) is 11.1 Å². The van der Waals surface area contributed by atoms with E-state index in [0.717, 1.165) is 12.1 Å². The SMILES string of the molecule is CCn1nccc1NC(=O)Cc1ccccc1NC(=O)c1ccccc1-c1ccc(C(F)(F)F)cc1. The van der Waals surface area contributed by atoms with Crippen LogP contribution in [0.3, 0.4) is 0 Å². The van der Waals surface area contributed by atoms with E-state index in [2.05, 4.69) is 15.7 Å². The van der Waals surface area contributed by atoms with E-state index in [1.54, 1.807) is 65.5 Å². The highest BCUT2D eigenvalue weighted by molar-refractivity contribution is 6.09. The van der Waals surface area contributed by atoms with Gasteiger partial charge < -0.3 is 10.6 Å². The van der Waals surface area contributed by atoms with Gasteiger partial charge in [-0.05, 0) is 47.9 Å². The average Bonchev–Trinajstić information content (AvgIpc) is 3.31. The van der Waals surface area contributed by atoms with Crippen LogP contribution in [0.1, 0.15) is 28.4 Å². The summed E-state index contributed by atoms with van der Waals surface area (Å²) in [5.74, 6) is -0.131. The summed E-state index contributed by atoms with van der Waals surface area (Å²) in [7, 11) is 0. The zero-order valence-electron chi connectivity index (χ0n) is 19.3. The van der Waals surface area contributed by atoms with Gasteiger partial charge in [-0.2, -0.15) is 18.3 Å². The van der Waals surface area contributed by atoms with Gasteiger partial charge >= 0.3 is 6.18 Å². The third-order valence-electron chi connectivity index (χ3n) is 5.60. The van der Waals surface area contributed by atoms with E-state index in [1.807, 2.05) is 6.92 Å². The van der Waals surface area contributed by atoms with E-state index < -0.39 is 17.6 Å². The number of halogens is 3. The molecule has 0 aliphatic heterocycles. The number of hydrogen-bond acceptors (Lipinski definition) is 3. The lowest BCUT2D eigenvalue weighted by atomic mass is 9.98. The minimum absolute atomic E-state index is 0.0197. The standard InChI is InChI=1S/C27H23F3N4O2/c1-2-34-24(15-16-31-34)33-25(35)17-19-7-3-6-10-23(19)32-26(36)22-9-5-4-8-21(22)18-11-13-20(14-12-18)27(28,29)30/h3-16H,2,17H2,1H3,(H,32,36)(H,33,35). The first-order chi connectivity index (χ1) is 17.3. The first kappa shape index (κ1) is 24.7. The number of aryl methyl sites for hydroxylation is 1. The molecule has 1 heterocycles. The largest absolute Gasteiger partial charge is 0.416 e. The van der Waals surface area contributed by atoms with Gasteiger partial charge in [-0.3, -0.25) is 9.59 Å². The van der Waals surface area contributed by atoms with Crippen molar-refractivity contribution >= 4 is 23.3 Å². The number of anilines is 2. The lowest BCUT2D eigenvalue weighted by Gasteiger charge is -2.14. The molecule has 2 N–H and O–H groups in total.